The molecule has 0 aromatic carbocycles. The first-order chi connectivity index (χ1) is 17.6. The van der Waals surface area contributed by atoms with E-state index in [0.717, 1.165) is 44.1 Å². The first-order valence-electron chi connectivity index (χ1n) is 14.3. The second-order valence-corrected chi connectivity index (χ2v) is 9.71. The van der Waals surface area contributed by atoms with Crippen LogP contribution in [0.3, 0.4) is 0 Å². The molecule has 0 saturated heterocycles. The Morgan fingerprint density at radius 2 is 1.11 bits per heavy atom. The molecule has 0 aliphatic carbocycles. The molecule has 204 valence electrons. The summed E-state index contributed by atoms with van der Waals surface area (Å²) < 4.78 is 0. The highest BCUT2D eigenvalue weighted by molar-refractivity contribution is 5.84. The van der Waals surface area contributed by atoms with Gasteiger partial charge in [0.05, 0.1) is 6.54 Å². The summed E-state index contributed by atoms with van der Waals surface area (Å²) in [6, 6.07) is 3.83. The number of amides is 3. The van der Waals surface area contributed by atoms with Gasteiger partial charge in [0.1, 0.15) is 0 Å². The number of rotatable bonds is 23. The molecule has 0 atom stereocenters. The van der Waals surface area contributed by atoms with Gasteiger partial charge in [-0.1, -0.05) is 84.0 Å². The van der Waals surface area contributed by atoms with Gasteiger partial charge in [0, 0.05) is 38.3 Å². The first-order valence-corrected chi connectivity index (χ1v) is 14.3. The molecule has 0 aliphatic rings. The van der Waals surface area contributed by atoms with Crippen LogP contribution in [-0.4, -0.2) is 35.8 Å². The number of aromatic nitrogens is 1. The van der Waals surface area contributed by atoms with E-state index in [2.05, 4.69) is 27.9 Å². The van der Waals surface area contributed by atoms with Crippen LogP contribution in [0.1, 0.15) is 122 Å². The van der Waals surface area contributed by atoms with Gasteiger partial charge < -0.3 is 16.0 Å². The third-order valence-electron chi connectivity index (χ3n) is 6.35. The lowest BCUT2D eigenvalue weighted by atomic mass is 10.1. The van der Waals surface area contributed by atoms with Crippen molar-refractivity contribution in [2.45, 2.75) is 123 Å². The molecule has 7 heteroatoms. The van der Waals surface area contributed by atoms with Gasteiger partial charge in [-0.15, -0.1) is 0 Å². The largest absolute Gasteiger partial charge is 0.355 e. The molecule has 3 amide bonds. The Morgan fingerprint density at radius 3 is 1.69 bits per heavy atom. The molecule has 1 aromatic rings. The van der Waals surface area contributed by atoms with E-state index in [4.69, 9.17) is 0 Å². The smallest absolute Gasteiger partial charge is 0.239 e. The Hall–Kier alpha value is -2.44. The quantitative estimate of drug-likeness (QED) is 0.170. The Balaban J connectivity index is 1.81. The number of pyridine rings is 1. The van der Waals surface area contributed by atoms with Crippen LogP contribution < -0.4 is 16.0 Å². The minimum absolute atomic E-state index is 0.0232. The maximum Gasteiger partial charge on any atom is 0.239 e. The Kier molecular flexibility index (Phi) is 20.2. The highest BCUT2D eigenvalue weighted by Gasteiger charge is 2.05. The van der Waals surface area contributed by atoms with Crippen molar-refractivity contribution in [1.29, 1.82) is 0 Å². The van der Waals surface area contributed by atoms with E-state index in [1.165, 1.54) is 57.8 Å². The van der Waals surface area contributed by atoms with Crippen LogP contribution in [0.15, 0.2) is 24.5 Å². The van der Waals surface area contributed by atoms with Crippen LogP contribution in [0, 0.1) is 0 Å². The summed E-state index contributed by atoms with van der Waals surface area (Å²) in [6.07, 6.45) is 21.7. The van der Waals surface area contributed by atoms with E-state index >= 15 is 0 Å². The molecule has 0 aliphatic heterocycles. The number of nitrogens with one attached hydrogen (secondary N) is 3. The van der Waals surface area contributed by atoms with Gasteiger partial charge in [0.15, 0.2) is 0 Å². The van der Waals surface area contributed by atoms with E-state index < -0.39 is 0 Å². The standard InChI is InChI=1S/C29H50N4O3/c1-2-3-4-5-11-14-18-28(35)33-25-29(36)31-21-16-13-10-8-6-7-9-12-15-17-27(34)32-24-26-19-22-30-23-20-26/h19-20,22-23H,2-18,21,24-25H2,1H3,(H,31,36)(H,32,34)(H,33,35). The van der Waals surface area contributed by atoms with Crippen molar-refractivity contribution in [2.24, 2.45) is 0 Å². The molecule has 0 bridgehead atoms. The second kappa shape index (κ2) is 23.0. The maximum atomic E-state index is 11.9. The third kappa shape index (κ3) is 19.8. The number of hydrogen-bond donors (Lipinski definition) is 3. The highest BCUT2D eigenvalue weighted by Crippen LogP contribution is 2.11. The summed E-state index contributed by atoms with van der Waals surface area (Å²) >= 11 is 0. The van der Waals surface area contributed by atoms with E-state index in [-0.39, 0.29) is 24.3 Å². The predicted molar refractivity (Wildman–Crippen MR) is 146 cm³/mol. The van der Waals surface area contributed by atoms with Gasteiger partial charge in [0.25, 0.3) is 0 Å². The number of nitrogens with zero attached hydrogens (tertiary/aromatic N) is 1. The maximum absolute atomic E-state index is 11.9. The van der Waals surface area contributed by atoms with E-state index in [1.54, 1.807) is 12.4 Å². The number of carbonyl (C=O) groups is 3. The fourth-order valence-electron chi connectivity index (χ4n) is 4.06. The summed E-state index contributed by atoms with van der Waals surface area (Å²) in [4.78, 5) is 39.5. The van der Waals surface area contributed by atoms with Crippen LogP contribution in [0.25, 0.3) is 0 Å². The number of unbranched alkanes of at least 4 members (excludes halogenated alkanes) is 13. The zero-order valence-corrected chi connectivity index (χ0v) is 22.6. The molecule has 7 nitrogen and oxygen atoms in total. The molecule has 3 N–H and O–H groups in total. The lowest BCUT2D eigenvalue weighted by Crippen LogP contribution is -2.37. The second-order valence-electron chi connectivity index (χ2n) is 9.71. The minimum Gasteiger partial charge on any atom is -0.355 e. The van der Waals surface area contributed by atoms with Gasteiger partial charge in [-0.3, -0.25) is 19.4 Å². The monoisotopic (exact) mass is 502 g/mol. The molecular formula is C29H50N4O3. The van der Waals surface area contributed by atoms with Crippen molar-refractivity contribution >= 4 is 17.7 Å². The van der Waals surface area contributed by atoms with Gasteiger partial charge in [-0.25, -0.2) is 0 Å². The normalized spacial score (nSPS) is 10.7. The fourth-order valence-corrected chi connectivity index (χ4v) is 4.06. The van der Waals surface area contributed by atoms with Gasteiger partial charge in [0.2, 0.25) is 17.7 Å². The van der Waals surface area contributed by atoms with E-state index in [9.17, 15) is 14.4 Å². The molecule has 36 heavy (non-hydrogen) atoms. The van der Waals surface area contributed by atoms with E-state index in [1.807, 2.05) is 12.1 Å². The third-order valence-corrected chi connectivity index (χ3v) is 6.35. The van der Waals surface area contributed by atoms with Crippen molar-refractivity contribution in [3.05, 3.63) is 30.1 Å². The fraction of sp³-hybridized carbons (Fsp3) is 0.724. The Morgan fingerprint density at radius 1 is 0.611 bits per heavy atom. The van der Waals surface area contributed by atoms with E-state index in [0.29, 0.717) is 25.9 Å². The van der Waals surface area contributed by atoms with Crippen LogP contribution in [0.2, 0.25) is 0 Å². The van der Waals surface area contributed by atoms with Crippen LogP contribution >= 0.6 is 0 Å². The Labute approximate surface area is 219 Å². The molecule has 0 unspecified atom stereocenters. The zero-order valence-electron chi connectivity index (χ0n) is 22.6. The topological polar surface area (TPSA) is 100 Å². The van der Waals surface area contributed by atoms with Gasteiger partial charge in [-0.05, 0) is 37.0 Å². The molecule has 1 rings (SSSR count). The molecular weight excluding hydrogens is 452 g/mol. The summed E-state index contributed by atoms with van der Waals surface area (Å²) in [6.45, 7) is 3.53. The summed E-state index contributed by atoms with van der Waals surface area (Å²) in [7, 11) is 0. The molecule has 0 radical (unpaired) electrons. The summed E-state index contributed by atoms with van der Waals surface area (Å²) in [5.74, 6) is -0.00304. The van der Waals surface area contributed by atoms with Gasteiger partial charge in [-0.2, -0.15) is 0 Å². The number of hydrogen-bond acceptors (Lipinski definition) is 4. The van der Waals surface area contributed by atoms with Crippen molar-refractivity contribution in [2.75, 3.05) is 13.1 Å². The van der Waals surface area contributed by atoms with Crippen LogP contribution in [0.4, 0.5) is 0 Å². The molecule has 0 fully saturated rings. The molecule has 0 saturated carbocycles. The molecule has 0 spiro atoms. The van der Waals surface area contributed by atoms with Crippen LogP contribution in [-0.2, 0) is 20.9 Å². The average molecular weight is 503 g/mol. The average Bonchev–Trinajstić information content (AvgIpc) is 2.89. The highest BCUT2D eigenvalue weighted by atomic mass is 16.2. The predicted octanol–water partition coefficient (Wildman–Crippen LogP) is 5.58. The minimum atomic E-state index is -0.0997. The van der Waals surface area contributed by atoms with Gasteiger partial charge >= 0.3 is 0 Å². The number of carbonyl (C=O) groups excluding carboxylic acids is 3. The SMILES string of the molecule is CCCCCCCCC(=O)NCC(=O)NCCCCCCCCCCCC(=O)NCc1ccncc1. The summed E-state index contributed by atoms with van der Waals surface area (Å²) in [5, 5.41) is 8.57. The van der Waals surface area contributed by atoms with Crippen molar-refractivity contribution in [3.8, 4) is 0 Å². The van der Waals surface area contributed by atoms with Crippen LogP contribution in [0.5, 0.6) is 0 Å². The molecule has 1 aromatic heterocycles. The molecule has 1 heterocycles. The van der Waals surface area contributed by atoms with Crippen molar-refractivity contribution < 1.29 is 14.4 Å². The van der Waals surface area contributed by atoms with Crippen molar-refractivity contribution in [1.82, 2.24) is 20.9 Å². The first kappa shape index (κ1) is 31.6. The van der Waals surface area contributed by atoms with Crippen molar-refractivity contribution in [3.63, 3.8) is 0 Å². The Bertz CT molecular complexity index is 697. The summed E-state index contributed by atoms with van der Waals surface area (Å²) in [5.41, 5.74) is 1.07. The zero-order chi connectivity index (χ0) is 26.1. The lowest BCUT2D eigenvalue weighted by Gasteiger charge is -2.07. The lowest BCUT2D eigenvalue weighted by molar-refractivity contribution is -0.126.